The molecule has 3 nitrogen and oxygen atoms in total. The van der Waals surface area contributed by atoms with Crippen LogP contribution < -0.4 is 4.74 Å². The summed E-state index contributed by atoms with van der Waals surface area (Å²) in [6.07, 6.45) is 1.35. The van der Waals surface area contributed by atoms with Gasteiger partial charge < -0.3 is 9.94 Å². The van der Waals surface area contributed by atoms with Gasteiger partial charge in [0.15, 0.2) is 0 Å². The first-order chi connectivity index (χ1) is 9.20. The normalized spacial score (nSPS) is 10.8. The molecule has 19 heavy (non-hydrogen) atoms. The van der Waals surface area contributed by atoms with Gasteiger partial charge in [0.05, 0.1) is 10.7 Å². The Bertz CT molecular complexity index is 602. The van der Waals surface area contributed by atoms with Crippen LogP contribution in [-0.2, 0) is 6.61 Å². The predicted molar refractivity (Wildman–Crippen MR) is 79.3 cm³/mol. The lowest BCUT2D eigenvalue weighted by molar-refractivity contribution is 0.304. The van der Waals surface area contributed by atoms with Crippen molar-refractivity contribution in [3.05, 3.63) is 63.1 Å². The Kier molecular flexibility index (Phi) is 4.82. The van der Waals surface area contributed by atoms with E-state index in [1.54, 1.807) is 12.1 Å². The molecule has 0 bridgehead atoms. The zero-order chi connectivity index (χ0) is 13.7. The fourth-order valence-electron chi connectivity index (χ4n) is 1.55. The minimum Gasteiger partial charge on any atom is -0.488 e. The molecule has 5 heteroatoms. The number of rotatable bonds is 4. The summed E-state index contributed by atoms with van der Waals surface area (Å²) in [5.74, 6) is 0.704. The summed E-state index contributed by atoms with van der Waals surface area (Å²) >= 11 is 9.47. The number of nitrogens with zero attached hydrogens (tertiary/aromatic N) is 1. The van der Waals surface area contributed by atoms with Crippen LogP contribution in [0.25, 0.3) is 0 Å². The van der Waals surface area contributed by atoms with Gasteiger partial charge in [-0.2, -0.15) is 0 Å². The maximum atomic E-state index is 8.47. The molecule has 0 atom stereocenters. The van der Waals surface area contributed by atoms with Crippen LogP contribution in [0.3, 0.4) is 0 Å². The highest BCUT2D eigenvalue weighted by atomic mass is 79.9. The second kappa shape index (κ2) is 6.59. The number of hydrogen-bond donors (Lipinski definition) is 1. The van der Waals surface area contributed by atoms with Crippen LogP contribution in [0.2, 0.25) is 5.02 Å². The van der Waals surface area contributed by atoms with Crippen molar-refractivity contribution in [2.75, 3.05) is 0 Å². The van der Waals surface area contributed by atoms with Gasteiger partial charge in [-0.3, -0.25) is 0 Å². The van der Waals surface area contributed by atoms with Gasteiger partial charge in [-0.15, -0.1) is 0 Å². The van der Waals surface area contributed by atoms with Crippen molar-refractivity contribution in [3.8, 4) is 5.75 Å². The van der Waals surface area contributed by atoms with Gasteiger partial charge in [-0.25, -0.2) is 0 Å². The van der Waals surface area contributed by atoms with E-state index in [9.17, 15) is 0 Å². The third-order valence-electron chi connectivity index (χ3n) is 2.50. The predicted octanol–water partition coefficient (Wildman–Crippen LogP) is 4.49. The number of oxime groups is 1. The molecule has 2 aromatic rings. The molecule has 0 heterocycles. The van der Waals surface area contributed by atoms with Crippen LogP contribution in [0, 0.1) is 0 Å². The molecule has 0 saturated heterocycles. The molecule has 1 N–H and O–H groups in total. The summed E-state index contributed by atoms with van der Waals surface area (Å²) in [6, 6.07) is 13.0. The van der Waals surface area contributed by atoms with E-state index in [0.717, 1.165) is 15.6 Å². The summed E-state index contributed by atoms with van der Waals surface area (Å²) in [5, 5.41) is 12.1. The molecule has 0 aliphatic heterocycles. The molecular weight excluding hydrogens is 330 g/mol. The molecule has 0 unspecified atom stereocenters. The van der Waals surface area contributed by atoms with Crippen molar-refractivity contribution in [3.63, 3.8) is 0 Å². The van der Waals surface area contributed by atoms with Gasteiger partial charge in [-0.05, 0) is 45.8 Å². The van der Waals surface area contributed by atoms with Crippen LogP contribution in [0.1, 0.15) is 11.1 Å². The topological polar surface area (TPSA) is 41.8 Å². The molecule has 0 aliphatic carbocycles. The lowest BCUT2D eigenvalue weighted by Gasteiger charge is -2.09. The quantitative estimate of drug-likeness (QED) is 0.506. The van der Waals surface area contributed by atoms with Gasteiger partial charge in [0.25, 0.3) is 0 Å². The van der Waals surface area contributed by atoms with E-state index in [0.29, 0.717) is 17.4 Å². The first kappa shape index (κ1) is 13.9. The molecule has 0 aliphatic rings. The molecule has 2 aromatic carbocycles. The SMILES string of the molecule is ON=Cc1ccc(OCc2ccccc2Cl)c(Br)c1. The Morgan fingerprint density at radius 1 is 1.26 bits per heavy atom. The van der Waals surface area contributed by atoms with E-state index in [-0.39, 0.29) is 0 Å². The van der Waals surface area contributed by atoms with Crippen molar-refractivity contribution in [1.82, 2.24) is 0 Å². The van der Waals surface area contributed by atoms with E-state index in [2.05, 4.69) is 21.1 Å². The molecule has 2 rings (SSSR count). The molecule has 0 fully saturated rings. The van der Waals surface area contributed by atoms with Gasteiger partial charge in [0.1, 0.15) is 12.4 Å². The summed E-state index contributed by atoms with van der Waals surface area (Å²) in [5.41, 5.74) is 1.71. The lowest BCUT2D eigenvalue weighted by Crippen LogP contribution is -1.97. The van der Waals surface area contributed by atoms with Crippen molar-refractivity contribution >= 4 is 33.7 Å². The Morgan fingerprint density at radius 3 is 2.74 bits per heavy atom. The van der Waals surface area contributed by atoms with E-state index in [4.69, 9.17) is 21.5 Å². The highest BCUT2D eigenvalue weighted by molar-refractivity contribution is 9.10. The number of benzene rings is 2. The van der Waals surface area contributed by atoms with Crippen molar-refractivity contribution in [1.29, 1.82) is 0 Å². The molecule has 0 saturated carbocycles. The van der Waals surface area contributed by atoms with E-state index in [1.165, 1.54) is 6.21 Å². The average molecular weight is 341 g/mol. The molecule has 98 valence electrons. The summed E-state index contributed by atoms with van der Waals surface area (Å²) < 4.78 is 6.49. The Balaban J connectivity index is 2.10. The third kappa shape index (κ3) is 3.72. The van der Waals surface area contributed by atoms with Crippen LogP contribution in [0.5, 0.6) is 5.75 Å². The van der Waals surface area contributed by atoms with E-state index < -0.39 is 0 Å². The molecule has 0 amide bonds. The number of halogens is 2. The minimum absolute atomic E-state index is 0.395. The van der Waals surface area contributed by atoms with Gasteiger partial charge in [0.2, 0.25) is 0 Å². The van der Waals surface area contributed by atoms with Gasteiger partial charge in [-0.1, -0.05) is 35.0 Å². The zero-order valence-corrected chi connectivity index (χ0v) is 12.2. The third-order valence-corrected chi connectivity index (χ3v) is 3.49. The van der Waals surface area contributed by atoms with Crippen LogP contribution >= 0.6 is 27.5 Å². The van der Waals surface area contributed by atoms with Crippen molar-refractivity contribution < 1.29 is 9.94 Å². The van der Waals surface area contributed by atoms with Crippen LogP contribution in [0.15, 0.2) is 52.1 Å². The zero-order valence-electron chi connectivity index (χ0n) is 9.88. The van der Waals surface area contributed by atoms with Crippen molar-refractivity contribution in [2.24, 2.45) is 5.16 Å². The van der Waals surface area contributed by atoms with Crippen molar-refractivity contribution in [2.45, 2.75) is 6.61 Å². The summed E-state index contributed by atoms with van der Waals surface area (Å²) in [4.78, 5) is 0. The lowest BCUT2D eigenvalue weighted by atomic mass is 10.2. The molecular formula is C14H11BrClNO2. The van der Waals surface area contributed by atoms with Crippen LogP contribution in [-0.4, -0.2) is 11.4 Å². The van der Waals surface area contributed by atoms with Crippen LogP contribution in [0.4, 0.5) is 0 Å². The standard InChI is InChI=1S/C14H11BrClNO2/c15-12-7-10(8-17-18)5-6-14(12)19-9-11-3-1-2-4-13(11)16/h1-8,18H,9H2. The first-order valence-corrected chi connectivity index (χ1v) is 6.71. The van der Waals surface area contributed by atoms with Gasteiger partial charge in [0, 0.05) is 10.6 Å². The second-order valence-electron chi connectivity index (χ2n) is 3.81. The first-order valence-electron chi connectivity index (χ1n) is 5.54. The monoisotopic (exact) mass is 339 g/mol. The fraction of sp³-hybridized carbons (Fsp3) is 0.0714. The number of hydrogen-bond acceptors (Lipinski definition) is 3. The summed E-state index contributed by atoms with van der Waals surface area (Å²) in [7, 11) is 0. The second-order valence-corrected chi connectivity index (χ2v) is 5.08. The number of ether oxygens (including phenoxy) is 1. The smallest absolute Gasteiger partial charge is 0.134 e. The van der Waals surface area contributed by atoms with Gasteiger partial charge >= 0.3 is 0 Å². The molecule has 0 spiro atoms. The highest BCUT2D eigenvalue weighted by Gasteiger charge is 2.04. The Morgan fingerprint density at radius 2 is 2.05 bits per heavy atom. The molecule has 0 aromatic heterocycles. The maximum absolute atomic E-state index is 8.47. The highest BCUT2D eigenvalue weighted by Crippen LogP contribution is 2.27. The summed E-state index contributed by atoms with van der Waals surface area (Å²) in [6.45, 7) is 0.395. The fourth-order valence-corrected chi connectivity index (χ4v) is 2.25. The largest absolute Gasteiger partial charge is 0.488 e. The Hall–Kier alpha value is -1.52. The van der Waals surface area contributed by atoms with E-state index in [1.807, 2.05) is 30.3 Å². The Labute approximate surface area is 124 Å². The van der Waals surface area contributed by atoms with E-state index >= 15 is 0 Å². The molecule has 0 radical (unpaired) electrons. The maximum Gasteiger partial charge on any atom is 0.134 e. The minimum atomic E-state index is 0.395. The average Bonchev–Trinajstić information content (AvgIpc) is 2.40.